The van der Waals surface area contributed by atoms with Gasteiger partial charge >= 0.3 is 6.03 Å². The zero-order valence-electron chi connectivity index (χ0n) is 14.5. The lowest BCUT2D eigenvalue weighted by atomic mass is 10.2. The number of benzene rings is 1. The zero-order chi connectivity index (χ0) is 17.2. The fourth-order valence-corrected chi connectivity index (χ4v) is 2.76. The smallest absolute Gasteiger partial charge is 0.317 e. The van der Waals surface area contributed by atoms with Crippen molar-refractivity contribution in [2.24, 2.45) is 0 Å². The number of hydrogen-bond acceptors (Lipinski definition) is 3. The van der Waals surface area contributed by atoms with E-state index in [0.717, 1.165) is 51.3 Å². The Morgan fingerprint density at radius 1 is 1.38 bits per heavy atom. The van der Waals surface area contributed by atoms with Crippen LogP contribution < -0.4 is 5.32 Å². The number of ether oxygens (including phenoxy) is 1. The molecule has 0 spiro atoms. The molecule has 0 aromatic heterocycles. The molecule has 1 fully saturated rings. The lowest BCUT2D eigenvalue weighted by Gasteiger charge is -2.28. The summed E-state index contributed by atoms with van der Waals surface area (Å²) >= 11 is 0. The minimum Gasteiger partial charge on any atom is -0.379 e. The molecular formula is C18H28FN3O2. The summed E-state index contributed by atoms with van der Waals surface area (Å²) in [7, 11) is 0. The molecule has 6 heteroatoms. The maximum atomic E-state index is 13.4. The average molecular weight is 337 g/mol. The van der Waals surface area contributed by atoms with Crippen LogP contribution in [0.3, 0.4) is 0 Å². The van der Waals surface area contributed by atoms with Gasteiger partial charge in [-0.25, -0.2) is 9.18 Å². The molecule has 0 atom stereocenters. The maximum absolute atomic E-state index is 13.4. The van der Waals surface area contributed by atoms with Crippen molar-refractivity contribution in [2.45, 2.75) is 26.3 Å². The molecule has 1 aliphatic rings. The van der Waals surface area contributed by atoms with Crippen molar-refractivity contribution >= 4 is 6.03 Å². The second kappa shape index (κ2) is 10.3. The molecule has 0 saturated carbocycles. The topological polar surface area (TPSA) is 44.8 Å². The molecule has 0 bridgehead atoms. The van der Waals surface area contributed by atoms with Crippen LogP contribution in [-0.4, -0.2) is 61.8 Å². The summed E-state index contributed by atoms with van der Waals surface area (Å²) in [5.74, 6) is -0.269. The summed E-state index contributed by atoms with van der Waals surface area (Å²) in [5.41, 5.74) is 0.813. The van der Waals surface area contributed by atoms with Crippen molar-refractivity contribution < 1.29 is 13.9 Å². The van der Waals surface area contributed by atoms with E-state index >= 15 is 0 Å². The quantitative estimate of drug-likeness (QED) is 0.793. The van der Waals surface area contributed by atoms with Crippen molar-refractivity contribution in [1.29, 1.82) is 0 Å². The number of urea groups is 1. The van der Waals surface area contributed by atoms with Crippen molar-refractivity contribution in [3.63, 3.8) is 0 Å². The van der Waals surface area contributed by atoms with Crippen LogP contribution >= 0.6 is 0 Å². The molecule has 0 aliphatic carbocycles. The summed E-state index contributed by atoms with van der Waals surface area (Å²) in [4.78, 5) is 16.5. The Hall–Kier alpha value is -1.66. The van der Waals surface area contributed by atoms with Gasteiger partial charge in [0, 0.05) is 39.3 Å². The molecule has 1 aromatic rings. The van der Waals surface area contributed by atoms with E-state index in [1.54, 1.807) is 11.0 Å². The van der Waals surface area contributed by atoms with Gasteiger partial charge in [-0.2, -0.15) is 0 Å². The lowest BCUT2D eigenvalue weighted by Crippen LogP contribution is -2.42. The van der Waals surface area contributed by atoms with E-state index in [4.69, 9.17) is 4.74 Å². The van der Waals surface area contributed by atoms with Gasteiger partial charge in [-0.15, -0.1) is 0 Å². The number of carbonyl (C=O) groups is 1. The van der Waals surface area contributed by atoms with Gasteiger partial charge in [0.2, 0.25) is 0 Å². The van der Waals surface area contributed by atoms with Crippen LogP contribution in [0, 0.1) is 5.82 Å². The number of carbonyl (C=O) groups excluding carboxylic acids is 1. The molecule has 1 N–H and O–H groups in total. The van der Waals surface area contributed by atoms with Gasteiger partial charge in [-0.1, -0.05) is 19.1 Å². The normalized spacial score (nSPS) is 15.2. The molecule has 2 amide bonds. The first-order chi connectivity index (χ1) is 11.7. The number of nitrogens with zero attached hydrogens (tertiary/aromatic N) is 2. The van der Waals surface area contributed by atoms with Crippen LogP contribution in [0.25, 0.3) is 0 Å². The highest BCUT2D eigenvalue weighted by atomic mass is 19.1. The highest BCUT2D eigenvalue weighted by Crippen LogP contribution is 2.09. The van der Waals surface area contributed by atoms with E-state index in [2.05, 4.69) is 10.2 Å². The second-order valence-corrected chi connectivity index (χ2v) is 6.09. The Labute approximate surface area is 143 Å². The zero-order valence-corrected chi connectivity index (χ0v) is 14.5. The number of amides is 2. The highest BCUT2D eigenvalue weighted by molar-refractivity contribution is 5.74. The van der Waals surface area contributed by atoms with Gasteiger partial charge in [0.25, 0.3) is 0 Å². The Bertz CT molecular complexity index is 507. The van der Waals surface area contributed by atoms with Crippen molar-refractivity contribution in [3.05, 3.63) is 35.6 Å². The van der Waals surface area contributed by atoms with Crippen molar-refractivity contribution in [2.75, 3.05) is 45.9 Å². The van der Waals surface area contributed by atoms with Crippen molar-refractivity contribution in [3.8, 4) is 0 Å². The molecule has 24 heavy (non-hydrogen) atoms. The van der Waals surface area contributed by atoms with Crippen LogP contribution in [0.15, 0.2) is 24.3 Å². The fraction of sp³-hybridized carbons (Fsp3) is 0.611. The van der Waals surface area contributed by atoms with Gasteiger partial charge in [-0.05, 0) is 30.5 Å². The van der Waals surface area contributed by atoms with Crippen LogP contribution in [0.1, 0.15) is 25.3 Å². The van der Waals surface area contributed by atoms with Gasteiger partial charge in [-0.3, -0.25) is 4.90 Å². The van der Waals surface area contributed by atoms with E-state index in [1.807, 2.05) is 13.0 Å². The van der Waals surface area contributed by atoms with E-state index in [-0.39, 0.29) is 11.8 Å². The monoisotopic (exact) mass is 337 g/mol. The van der Waals surface area contributed by atoms with E-state index in [0.29, 0.717) is 19.6 Å². The Morgan fingerprint density at radius 3 is 2.88 bits per heavy atom. The van der Waals surface area contributed by atoms with Crippen LogP contribution in [0.4, 0.5) is 9.18 Å². The minimum atomic E-state index is -0.269. The Kier molecular flexibility index (Phi) is 7.98. The number of nitrogens with one attached hydrogen (secondary N) is 1. The van der Waals surface area contributed by atoms with Crippen LogP contribution in [0.2, 0.25) is 0 Å². The third-order valence-corrected chi connectivity index (χ3v) is 4.08. The van der Waals surface area contributed by atoms with E-state index in [9.17, 15) is 9.18 Å². The predicted molar refractivity (Wildman–Crippen MR) is 92.4 cm³/mol. The Morgan fingerprint density at radius 2 is 2.17 bits per heavy atom. The number of halogens is 1. The molecule has 1 aromatic carbocycles. The third-order valence-electron chi connectivity index (χ3n) is 4.08. The van der Waals surface area contributed by atoms with Gasteiger partial charge < -0.3 is 15.0 Å². The van der Waals surface area contributed by atoms with Gasteiger partial charge in [0.1, 0.15) is 5.82 Å². The first kappa shape index (κ1) is 18.7. The summed E-state index contributed by atoms with van der Waals surface area (Å²) in [6.07, 6.45) is 1.79. The standard InChI is InChI=1S/C18H28FN3O2/c1-2-7-20-18(23)22(15-16-5-3-6-17(19)14-16)9-4-8-21-10-12-24-13-11-21/h3,5-6,14H,2,4,7-13,15H2,1H3,(H,20,23). The molecule has 2 rings (SSSR count). The van der Waals surface area contributed by atoms with Gasteiger partial charge in [0.05, 0.1) is 13.2 Å². The first-order valence-electron chi connectivity index (χ1n) is 8.76. The molecular weight excluding hydrogens is 309 g/mol. The minimum absolute atomic E-state index is 0.0805. The summed E-state index contributed by atoms with van der Waals surface area (Å²) in [6, 6.07) is 6.36. The summed E-state index contributed by atoms with van der Waals surface area (Å²) in [6.45, 7) is 8.17. The molecule has 0 radical (unpaired) electrons. The number of hydrogen-bond donors (Lipinski definition) is 1. The summed E-state index contributed by atoms with van der Waals surface area (Å²) in [5, 5.41) is 2.92. The van der Waals surface area contributed by atoms with Crippen LogP contribution in [0.5, 0.6) is 0 Å². The summed E-state index contributed by atoms with van der Waals surface area (Å²) < 4.78 is 18.7. The molecule has 134 valence electrons. The molecule has 1 saturated heterocycles. The molecule has 1 heterocycles. The van der Waals surface area contributed by atoms with Gasteiger partial charge in [0.15, 0.2) is 0 Å². The highest BCUT2D eigenvalue weighted by Gasteiger charge is 2.15. The average Bonchev–Trinajstić information content (AvgIpc) is 2.60. The van der Waals surface area contributed by atoms with Crippen LogP contribution in [-0.2, 0) is 11.3 Å². The fourth-order valence-electron chi connectivity index (χ4n) is 2.76. The molecule has 5 nitrogen and oxygen atoms in total. The second-order valence-electron chi connectivity index (χ2n) is 6.09. The van der Waals surface area contributed by atoms with E-state index in [1.165, 1.54) is 12.1 Å². The Balaban J connectivity index is 1.87. The van der Waals surface area contributed by atoms with E-state index < -0.39 is 0 Å². The number of morpholine rings is 1. The molecule has 0 unspecified atom stereocenters. The predicted octanol–water partition coefficient (Wildman–Crippen LogP) is 2.47. The first-order valence-corrected chi connectivity index (χ1v) is 8.76. The SMILES string of the molecule is CCCNC(=O)N(CCCN1CCOCC1)Cc1cccc(F)c1. The largest absolute Gasteiger partial charge is 0.379 e. The van der Waals surface area contributed by atoms with Crippen molar-refractivity contribution in [1.82, 2.24) is 15.1 Å². The number of rotatable bonds is 8. The maximum Gasteiger partial charge on any atom is 0.317 e. The lowest BCUT2D eigenvalue weighted by molar-refractivity contribution is 0.0364. The third kappa shape index (κ3) is 6.45. The molecule has 1 aliphatic heterocycles.